The van der Waals surface area contributed by atoms with Crippen molar-refractivity contribution < 1.29 is 4.79 Å². The van der Waals surface area contributed by atoms with Crippen LogP contribution in [-0.4, -0.2) is 32.2 Å². The number of aromatic nitrogens is 4. The minimum atomic E-state index is -0.0882. The largest absolute Gasteiger partial charge is 0.350 e. The molecule has 0 radical (unpaired) electrons. The summed E-state index contributed by atoms with van der Waals surface area (Å²) in [5, 5.41) is 7.39. The highest BCUT2D eigenvalue weighted by Gasteiger charge is 2.09. The molecule has 2 N–H and O–H groups in total. The van der Waals surface area contributed by atoms with Crippen molar-refractivity contribution in [2.24, 2.45) is 0 Å². The third-order valence-electron chi connectivity index (χ3n) is 4.03. The Morgan fingerprint density at radius 3 is 2.86 bits per heavy atom. The highest BCUT2D eigenvalue weighted by Crippen LogP contribution is 2.12. The van der Waals surface area contributed by atoms with Gasteiger partial charge in [-0.1, -0.05) is 0 Å². The number of carbonyl (C=O) groups is 1. The van der Waals surface area contributed by atoms with Crippen LogP contribution in [0.25, 0.3) is 11.0 Å². The van der Waals surface area contributed by atoms with E-state index in [1.807, 2.05) is 30.7 Å². The van der Waals surface area contributed by atoms with Crippen LogP contribution in [0.1, 0.15) is 27.3 Å². The molecule has 0 fully saturated rings. The molecular weight excluding hydrogens is 278 g/mol. The van der Waals surface area contributed by atoms with Crippen molar-refractivity contribution in [2.45, 2.75) is 27.3 Å². The van der Waals surface area contributed by atoms with E-state index in [0.29, 0.717) is 18.7 Å². The number of hydrogen-bond donors (Lipinski definition) is 2. The fraction of sp³-hybridized carbons (Fsp3) is 0.312. The Bertz CT molecular complexity index is 830. The zero-order chi connectivity index (χ0) is 15.7. The standard InChI is InChI=1S/C16H19N5O/c1-10-11(2)20-21(12(10)3)7-6-17-16(22)13-4-5-14-15(8-13)19-9-18-14/h4-5,8-9H,6-7H2,1-3H3,(H,17,22)(H,18,19). The molecule has 0 spiro atoms. The second kappa shape index (κ2) is 5.63. The van der Waals surface area contributed by atoms with Gasteiger partial charge >= 0.3 is 0 Å². The van der Waals surface area contributed by atoms with E-state index in [2.05, 4.69) is 27.3 Å². The predicted molar refractivity (Wildman–Crippen MR) is 84.9 cm³/mol. The topological polar surface area (TPSA) is 75.6 Å². The quantitative estimate of drug-likeness (QED) is 0.774. The number of rotatable bonds is 4. The van der Waals surface area contributed by atoms with Gasteiger partial charge in [0.05, 0.1) is 29.6 Å². The van der Waals surface area contributed by atoms with Gasteiger partial charge in [0.15, 0.2) is 0 Å². The molecule has 1 aromatic carbocycles. The van der Waals surface area contributed by atoms with Crippen LogP contribution < -0.4 is 5.32 Å². The van der Waals surface area contributed by atoms with E-state index >= 15 is 0 Å². The maximum Gasteiger partial charge on any atom is 0.251 e. The van der Waals surface area contributed by atoms with Crippen molar-refractivity contribution in [2.75, 3.05) is 6.54 Å². The Kier molecular flexibility index (Phi) is 3.66. The van der Waals surface area contributed by atoms with E-state index in [1.54, 1.807) is 12.4 Å². The molecule has 2 aromatic heterocycles. The number of carbonyl (C=O) groups excluding carboxylic acids is 1. The predicted octanol–water partition coefficient (Wildman–Crippen LogP) is 2.11. The molecule has 0 saturated carbocycles. The van der Waals surface area contributed by atoms with Crippen molar-refractivity contribution in [1.82, 2.24) is 25.1 Å². The average molecular weight is 297 g/mol. The molecule has 3 rings (SSSR count). The van der Waals surface area contributed by atoms with Crippen LogP contribution in [0.5, 0.6) is 0 Å². The molecule has 0 bridgehead atoms. The Morgan fingerprint density at radius 2 is 2.14 bits per heavy atom. The van der Waals surface area contributed by atoms with Gasteiger partial charge in [0, 0.05) is 17.8 Å². The summed E-state index contributed by atoms with van der Waals surface area (Å²) in [6.45, 7) is 7.31. The Hall–Kier alpha value is -2.63. The molecule has 6 nitrogen and oxygen atoms in total. The SMILES string of the molecule is Cc1nn(CCNC(=O)c2ccc3nc[nH]c3c2)c(C)c1C. The van der Waals surface area contributed by atoms with Crippen molar-refractivity contribution in [3.63, 3.8) is 0 Å². The summed E-state index contributed by atoms with van der Waals surface area (Å²) in [5.41, 5.74) is 5.73. The van der Waals surface area contributed by atoms with E-state index in [1.165, 1.54) is 5.56 Å². The average Bonchev–Trinajstić information content (AvgIpc) is 3.07. The van der Waals surface area contributed by atoms with Gasteiger partial charge < -0.3 is 10.3 Å². The summed E-state index contributed by atoms with van der Waals surface area (Å²) in [6.07, 6.45) is 1.62. The van der Waals surface area contributed by atoms with Crippen LogP contribution >= 0.6 is 0 Å². The summed E-state index contributed by atoms with van der Waals surface area (Å²) >= 11 is 0. The highest BCUT2D eigenvalue weighted by molar-refractivity contribution is 5.97. The summed E-state index contributed by atoms with van der Waals surface area (Å²) in [7, 11) is 0. The molecule has 6 heteroatoms. The third kappa shape index (κ3) is 2.59. The van der Waals surface area contributed by atoms with Crippen molar-refractivity contribution in [3.8, 4) is 0 Å². The number of nitrogens with zero attached hydrogens (tertiary/aromatic N) is 3. The number of fused-ring (bicyclic) bond motifs is 1. The van der Waals surface area contributed by atoms with Gasteiger partial charge in [-0.3, -0.25) is 9.48 Å². The van der Waals surface area contributed by atoms with Crippen LogP contribution in [0.2, 0.25) is 0 Å². The number of hydrogen-bond acceptors (Lipinski definition) is 3. The Labute approximate surface area is 128 Å². The molecule has 3 aromatic rings. The normalized spacial score (nSPS) is 11.0. The van der Waals surface area contributed by atoms with E-state index in [0.717, 1.165) is 22.4 Å². The number of benzene rings is 1. The van der Waals surface area contributed by atoms with Gasteiger partial charge in [-0.05, 0) is 44.5 Å². The van der Waals surface area contributed by atoms with Crippen LogP contribution in [0.3, 0.4) is 0 Å². The number of amides is 1. The molecule has 22 heavy (non-hydrogen) atoms. The first-order valence-corrected chi connectivity index (χ1v) is 7.28. The van der Waals surface area contributed by atoms with Gasteiger partial charge in [-0.25, -0.2) is 4.98 Å². The lowest BCUT2D eigenvalue weighted by Crippen LogP contribution is -2.27. The van der Waals surface area contributed by atoms with Crippen LogP contribution in [0, 0.1) is 20.8 Å². The van der Waals surface area contributed by atoms with E-state index in [4.69, 9.17) is 0 Å². The maximum absolute atomic E-state index is 12.2. The number of imidazole rings is 1. The second-order valence-corrected chi connectivity index (χ2v) is 5.41. The summed E-state index contributed by atoms with van der Waals surface area (Å²) < 4.78 is 1.93. The van der Waals surface area contributed by atoms with Crippen molar-refractivity contribution in [1.29, 1.82) is 0 Å². The van der Waals surface area contributed by atoms with E-state index in [-0.39, 0.29) is 5.91 Å². The molecular formula is C16H19N5O. The third-order valence-corrected chi connectivity index (χ3v) is 4.03. The molecule has 1 amide bonds. The zero-order valence-corrected chi connectivity index (χ0v) is 13.0. The lowest BCUT2D eigenvalue weighted by atomic mass is 10.2. The zero-order valence-electron chi connectivity index (χ0n) is 13.0. The molecule has 0 aliphatic heterocycles. The van der Waals surface area contributed by atoms with E-state index in [9.17, 15) is 4.79 Å². The Balaban J connectivity index is 1.63. The molecule has 0 unspecified atom stereocenters. The fourth-order valence-electron chi connectivity index (χ4n) is 2.46. The molecule has 2 heterocycles. The van der Waals surface area contributed by atoms with Crippen molar-refractivity contribution >= 4 is 16.9 Å². The first kappa shape index (κ1) is 14.3. The molecule has 114 valence electrons. The number of nitrogens with one attached hydrogen (secondary N) is 2. The lowest BCUT2D eigenvalue weighted by Gasteiger charge is -2.07. The van der Waals surface area contributed by atoms with Gasteiger partial charge in [-0.2, -0.15) is 5.10 Å². The smallest absolute Gasteiger partial charge is 0.251 e. The van der Waals surface area contributed by atoms with Gasteiger partial charge in [0.25, 0.3) is 5.91 Å². The lowest BCUT2D eigenvalue weighted by molar-refractivity contribution is 0.0952. The maximum atomic E-state index is 12.2. The van der Waals surface area contributed by atoms with Gasteiger partial charge in [0.2, 0.25) is 0 Å². The van der Waals surface area contributed by atoms with Crippen LogP contribution in [-0.2, 0) is 6.54 Å². The number of aryl methyl sites for hydroxylation is 1. The minimum Gasteiger partial charge on any atom is -0.350 e. The van der Waals surface area contributed by atoms with Crippen molar-refractivity contribution in [3.05, 3.63) is 47.0 Å². The van der Waals surface area contributed by atoms with Crippen LogP contribution in [0.4, 0.5) is 0 Å². The molecule has 0 atom stereocenters. The van der Waals surface area contributed by atoms with Gasteiger partial charge in [-0.15, -0.1) is 0 Å². The first-order chi connectivity index (χ1) is 10.6. The number of aromatic amines is 1. The highest BCUT2D eigenvalue weighted by atomic mass is 16.1. The molecule has 0 aliphatic carbocycles. The Morgan fingerprint density at radius 1 is 1.32 bits per heavy atom. The second-order valence-electron chi connectivity index (χ2n) is 5.41. The molecule has 0 saturated heterocycles. The van der Waals surface area contributed by atoms with Gasteiger partial charge in [0.1, 0.15) is 0 Å². The summed E-state index contributed by atoms with van der Waals surface area (Å²) in [4.78, 5) is 19.3. The monoisotopic (exact) mass is 297 g/mol. The fourth-order valence-corrected chi connectivity index (χ4v) is 2.46. The summed E-state index contributed by atoms with van der Waals surface area (Å²) in [6, 6.07) is 5.43. The van der Waals surface area contributed by atoms with E-state index < -0.39 is 0 Å². The summed E-state index contributed by atoms with van der Waals surface area (Å²) in [5.74, 6) is -0.0882. The first-order valence-electron chi connectivity index (χ1n) is 7.28. The molecule has 0 aliphatic rings. The van der Waals surface area contributed by atoms with Crippen LogP contribution in [0.15, 0.2) is 24.5 Å². The minimum absolute atomic E-state index is 0.0882. The number of H-pyrrole nitrogens is 1.